The molecule has 2 aromatic carbocycles. The van der Waals surface area contributed by atoms with Gasteiger partial charge in [0.15, 0.2) is 11.5 Å². The van der Waals surface area contributed by atoms with Gasteiger partial charge in [-0.2, -0.15) is 0 Å². The lowest BCUT2D eigenvalue weighted by Crippen LogP contribution is -2.28. The number of rotatable bonds is 10. The smallest absolute Gasteiger partial charge is 0.252 e. The summed E-state index contributed by atoms with van der Waals surface area (Å²) in [6.07, 6.45) is 0. The summed E-state index contributed by atoms with van der Waals surface area (Å²) in [6.45, 7) is 10.4. The van der Waals surface area contributed by atoms with Gasteiger partial charge in [-0.05, 0) is 63.1 Å². The summed E-state index contributed by atoms with van der Waals surface area (Å²) in [5.41, 5.74) is 1.86. The van der Waals surface area contributed by atoms with E-state index in [-0.39, 0.29) is 23.4 Å². The second-order valence-corrected chi connectivity index (χ2v) is 8.51. The normalized spacial score (nSPS) is 12.3. The predicted octanol–water partition coefficient (Wildman–Crippen LogP) is 3.58. The van der Waals surface area contributed by atoms with Gasteiger partial charge in [-0.25, -0.2) is 13.1 Å². The lowest BCUT2D eigenvalue weighted by atomic mass is 10.1. The van der Waals surface area contributed by atoms with Gasteiger partial charge in [0.25, 0.3) is 5.91 Å². The third kappa shape index (κ3) is 5.73. The van der Waals surface area contributed by atoms with E-state index in [1.807, 2.05) is 39.0 Å². The number of amides is 1. The lowest BCUT2D eigenvalue weighted by Gasteiger charge is -2.18. The molecule has 2 N–H and O–H groups in total. The van der Waals surface area contributed by atoms with Crippen LogP contribution in [0.25, 0.3) is 0 Å². The maximum Gasteiger partial charge on any atom is 0.252 e. The van der Waals surface area contributed by atoms with Crippen LogP contribution in [0.5, 0.6) is 11.5 Å². The molecule has 0 radical (unpaired) electrons. The van der Waals surface area contributed by atoms with Crippen molar-refractivity contribution in [1.82, 2.24) is 10.0 Å². The number of hydrogen-bond acceptors (Lipinski definition) is 5. The minimum atomic E-state index is -3.65. The summed E-state index contributed by atoms with van der Waals surface area (Å²) in [7, 11) is -3.65. The second kappa shape index (κ2) is 10.4. The van der Waals surface area contributed by atoms with Crippen LogP contribution >= 0.6 is 0 Å². The third-order valence-electron chi connectivity index (χ3n) is 4.51. The molecule has 0 aliphatic heterocycles. The maximum atomic E-state index is 12.9. The van der Waals surface area contributed by atoms with Gasteiger partial charge in [-0.1, -0.05) is 19.1 Å². The van der Waals surface area contributed by atoms with E-state index in [1.54, 1.807) is 19.9 Å². The zero-order chi connectivity index (χ0) is 22.3. The van der Waals surface area contributed by atoms with Gasteiger partial charge >= 0.3 is 0 Å². The van der Waals surface area contributed by atoms with Crippen molar-refractivity contribution in [3.05, 3.63) is 53.1 Å². The van der Waals surface area contributed by atoms with Crippen molar-refractivity contribution in [1.29, 1.82) is 0 Å². The molecule has 7 nitrogen and oxygen atoms in total. The molecule has 1 atom stereocenters. The standard InChI is InChI=1S/C22H30N2O5S/c1-6-23-30(26,27)18-11-9-15(4)19(14-18)22(25)24-16(5)17-10-12-20(28-7-2)21(13-17)29-8-3/h9-14,16,23H,6-8H2,1-5H3,(H,24,25). The van der Waals surface area contributed by atoms with Gasteiger partial charge in [-0.3, -0.25) is 4.79 Å². The summed E-state index contributed by atoms with van der Waals surface area (Å²) >= 11 is 0. The molecule has 0 saturated heterocycles. The van der Waals surface area contributed by atoms with Crippen LogP contribution in [0.3, 0.4) is 0 Å². The molecule has 2 rings (SSSR count). The molecular formula is C22H30N2O5S. The van der Waals surface area contributed by atoms with Crippen LogP contribution in [-0.4, -0.2) is 34.1 Å². The molecule has 0 aliphatic rings. The lowest BCUT2D eigenvalue weighted by molar-refractivity contribution is 0.0939. The van der Waals surface area contributed by atoms with E-state index in [2.05, 4.69) is 10.0 Å². The predicted molar refractivity (Wildman–Crippen MR) is 117 cm³/mol. The van der Waals surface area contributed by atoms with Gasteiger partial charge in [0.05, 0.1) is 24.2 Å². The van der Waals surface area contributed by atoms with E-state index in [9.17, 15) is 13.2 Å². The number of sulfonamides is 1. The zero-order valence-corrected chi connectivity index (χ0v) is 18.9. The van der Waals surface area contributed by atoms with Crippen LogP contribution in [0.2, 0.25) is 0 Å². The molecule has 0 saturated carbocycles. The number of aryl methyl sites for hydroxylation is 1. The minimum absolute atomic E-state index is 0.0625. The van der Waals surface area contributed by atoms with Gasteiger partial charge < -0.3 is 14.8 Å². The van der Waals surface area contributed by atoms with Crippen LogP contribution in [-0.2, 0) is 10.0 Å². The quantitative estimate of drug-likeness (QED) is 0.596. The first-order chi connectivity index (χ1) is 14.2. The SMILES string of the molecule is CCNS(=O)(=O)c1ccc(C)c(C(=O)NC(C)c2ccc(OCC)c(OCC)c2)c1. The Balaban J connectivity index is 2.26. The number of nitrogens with one attached hydrogen (secondary N) is 2. The van der Waals surface area contributed by atoms with Crippen molar-refractivity contribution in [3.63, 3.8) is 0 Å². The highest BCUT2D eigenvalue weighted by Gasteiger charge is 2.19. The highest BCUT2D eigenvalue weighted by Crippen LogP contribution is 2.31. The van der Waals surface area contributed by atoms with Crippen molar-refractivity contribution in [2.24, 2.45) is 0 Å². The Bertz CT molecular complexity index is 989. The number of ether oxygens (including phenoxy) is 2. The number of carbonyl (C=O) groups is 1. The monoisotopic (exact) mass is 434 g/mol. The topological polar surface area (TPSA) is 93.7 Å². The molecule has 2 aromatic rings. The Morgan fingerprint density at radius 3 is 2.30 bits per heavy atom. The van der Waals surface area contributed by atoms with E-state index in [1.165, 1.54) is 12.1 Å². The van der Waals surface area contributed by atoms with Crippen molar-refractivity contribution in [2.75, 3.05) is 19.8 Å². The molecule has 0 aromatic heterocycles. The molecule has 0 aliphatic carbocycles. The number of hydrogen-bond donors (Lipinski definition) is 2. The van der Waals surface area contributed by atoms with E-state index >= 15 is 0 Å². The molecule has 0 spiro atoms. The number of benzene rings is 2. The first-order valence-corrected chi connectivity index (χ1v) is 11.5. The van der Waals surface area contributed by atoms with Crippen LogP contribution in [0.15, 0.2) is 41.3 Å². The Morgan fingerprint density at radius 2 is 1.67 bits per heavy atom. The Labute approximate surface area is 178 Å². The largest absolute Gasteiger partial charge is 0.490 e. The van der Waals surface area contributed by atoms with Crippen LogP contribution < -0.4 is 19.5 Å². The van der Waals surface area contributed by atoms with Gasteiger partial charge in [0.2, 0.25) is 10.0 Å². The molecule has 1 unspecified atom stereocenters. The summed E-state index contributed by atoms with van der Waals surface area (Å²) in [6, 6.07) is 9.75. The Hall–Kier alpha value is -2.58. The first kappa shape index (κ1) is 23.7. The maximum absolute atomic E-state index is 12.9. The van der Waals surface area contributed by atoms with Crippen LogP contribution in [0, 0.1) is 6.92 Å². The van der Waals surface area contributed by atoms with E-state index in [0.29, 0.717) is 35.8 Å². The van der Waals surface area contributed by atoms with E-state index < -0.39 is 10.0 Å². The molecule has 30 heavy (non-hydrogen) atoms. The fraction of sp³-hybridized carbons (Fsp3) is 0.409. The Kier molecular flexibility index (Phi) is 8.25. The fourth-order valence-corrected chi connectivity index (χ4v) is 4.05. The highest BCUT2D eigenvalue weighted by molar-refractivity contribution is 7.89. The average molecular weight is 435 g/mol. The summed E-state index contributed by atoms with van der Waals surface area (Å²) in [5.74, 6) is 0.923. The molecule has 0 bridgehead atoms. The molecular weight excluding hydrogens is 404 g/mol. The van der Waals surface area contributed by atoms with Crippen molar-refractivity contribution in [2.45, 2.75) is 45.6 Å². The van der Waals surface area contributed by atoms with Crippen LogP contribution in [0.4, 0.5) is 0 Å². The summed E-state index contributed by atoms with van der Waals surface area (Å²) in [4.78, 5) is 12.9. The minimum Gasteiger partial charge on any atom is -0.490 e. The van der Waals surface area contributed by atoms with Crippen molar-refractivity contribution in [3.8, 4) is 11.5 Å². The molecule has 1 amide bonds. The van der Waals surface area contributed by atoms with Gasteiger partial charge in [-0.15, -0.1) is 0 Å². The summed E-state index contributed by atoms with van der Waals surface area (Å²) < 4.78 is 38.2. The average Bonchev–Trinajstić information content (AvgIpc) is 2.69. The van der Waals surface area contributed by atoms with Gasteiger partial charge in [0.1, 0.15) is 0 Å². The van der Waals surface area contributed by atoms with Gasteiger partial charge in [0, 0.05) is 12.1 Å². The van der Waals surface area contributed by atoms with Crippen LogP contribution in [0.1, 0.15) is 55.2 Å². The van der Waals surface area contributed by atoms with E-state index in [0.717, 1.165) is 5.56 Å². The third-order valence-corrected chi connectivity index (χ3v) is 6.06. The Morgan fingerprint density at radius 1 is 1.00 bits per heavy atom. The van der Waals surface area contributed by atoms with E-state index in [4.69, 9.17) is 9.47 Å². The molecule has 0 heterocycles. The first-order valence-electron chi connectivity index (χ1n) is 10.0. The number of carbonyl (C=O) groups excluding carboxylic acids is 1. The van der Waals surface area contributed by atoms with Crippen molar-refractivity contribution >= 4 is 15.9 Å². The molecule has 0 fully saturated rings. The second-order valence-electron chi connectivity index (χ2n) is 6.75. The highest BCUT2D eigenvalue weighted by atomic mass is 32.2. The molecule has 8 heteroatoms. The summed E-state index contributed by atoms with van der Waals surface area (Å²) in [5, 5.41) is 2.93. The molecule has 164 valence electrons. The zero-order valence-electron chi connectivity index (χ0n) is 18.1. The fourth-order valence-electron chi connectivity index (χ4n) is 2.98. The van der Waals surface area contributed by atoms with Crippen molar-refractivity contribution < 1.29 is 22.7 Å².